The zero-order valence-electron chi connectivity index (χ0n) is 39.6. The zero-order chi connectivity index (χ0) is 48.2. The van der Waals surface area contributed by atoms with E-state index in [1.807, 2.05) is 64.1 Å². The van der Waals surface area contributed by atoms with Crippen LogP contribution < -0.4 is 20.9 Å². The number of hydrogen-bond acceptors (Lipinski definition) is 10. The molecule has 16 nitrogen and oxygen atoms in total. The maximum Gasteiger partial charge on any atom is 0.407 e. The summed E-state index contributed by atoms with van der Waals surface area (Å²) in [5, 5.41) is 8.69. The number of anilines is 2. The van der Waals surface area contributed by atoms with Gasteiger partial charge in [-0.25, -0.2) is 28.3 Å². The molecule has 3 aromatic carbocycles. The number of halogens is 2. The molecule has 5 N–H and O–H groups in total. The van der Waals surface area contributed by atoms with Crippen molar-refractivity contribution in [2.24, 2.45) is 11.8 Å². The molecule has 0 saturated carbocycles. The molecule has 3 fully saturated rings. The number of nitrogens with zero attached hydrogens (tertiary/aromatic N) is 5. The van der Waals surface area contributed by atoms with E-state index in [1.54, 1.807) is 20.9 Å². The van der Waals surface area contributed by atoms with E-state index in [9.17, 15) is 19.2 Å². The third kappa shape index (κ3) is 10.1. The van der Waals surface area contributed by atoms with Gasteiger partial charge in [0.2, 0.25) is 11.8 Å². The van der Waals surface area contributed by atoms with Gasteiger partial charge in [0.1, 0.15) is 29.4 Å². The van der Waals surface area contributed by atoms with Crippen LogP contribution in [-0.2, 0) is 25.6 Å². The quantitative estimate of drug-likeness (QED) is 0.0721. The highest BCUT2D eigenvalue weighted by molar-refractivity contribution is 5.88. The van der Waals surface area contributed by atoms with Crippen molar-refractivity contribution in [3.8, 4) is 22.4 Å². The fraction of sp³-hybridized carbons (Fsp3) is 0.480. The number of ether oxygens (including phenoxy) is 2. The molecule has 0 spiro atoms. The van der Waals surface area contributed by atoms with Gasteiger partial charge in [-0.3, -0.25) is 9.59 Å². The molecule has 68 heavy (non-hydrogen) atoms. The molecule has 8 rings (SSSR count). The van der Waals surface area contributed by atoms with Crippen LogP contribution in [-0.4, -0.2) is 106 Å². The summed E-state index contributed by atoms with van der Waals surface area (Å²) in [5.41, 5.74) is 5.87. The van der Waals surface area contributed by atoms with Crippen LogP contribution in [0.25, 0.3) is 33.4 Å². The Hall–Kier alpha value is -6.72. The number of aromatic amines is 2. The van der Waals surface area contributed by atoms with Crippen molar-refractivity contribution in [3.63, 3.8) is 0 Å². The Labute approximate surface area is 394 Å². The third-order valence-corrected chi connectivity index (χ3v) is 13.5. The predicted molar refractivity (Wildman–Crippen MR) is 255 cm³/mol. The number of amides is 4. The van der Waals surface area contributed by atoms with Gasteiger partial charge in [-0.2, -0.15) is 0 Å². The number of rotatable bonds is 14. The van der Waals surface area contributed by atoms with Gasteiger partial charge in [0.05, 0.1) is 49.2 Å². The first-order chi connectivity index (χ1) is 32.7. The number of hydrogen-bond donors (Lipinski definition) is 5. The number of carbonyl (C=O) groups is 4. The molecule has 18 heteroatoms. The molecule has 4 amide bonds. The first kappa shape index (κ1) is 47.8. The van der Waals surface area contributed by atoms with Crippen molar-refractivity contribution in [3.05, 3.63) is 83.6 Å². The van der Waals surface area contributed by atoms with Crippen LogP contribution in [0.2, 0.25) is 0 Å². The minimum atomic E-state index is -0.767. The van der Waals surface area contributed by atoms with Crippen LogP contribution in [0, 0.1) is 23.5 Å². The summed E-state index contributed by atoms with van der Waals surface area (Å²) in [6.45, 7) is 9.97. The van der Waals surface area contributed by atoms with Crippen LogP contribution in [0.3, 0.4) is 0 Å². The fourth-order valence-electron chi connectivity index (χ4n) is 9.87. The van der Waals surface area contributed by atoms with Crippen LogP contribution in [0.15, 0.2) is 54.7 Å². The Kier molecular flexibility index (Phi) is 14.5. The molecular weight excluding hydrogens is 875 g/mol. The number of nitrogens with one attached hydrogen (secondary N) is 5. The summed E-state index contributed by atoms with van der Waals surface area (Å²) < 4.78 is 40.9. The standard InChI is InChI=1S/C50H62F2N10O6/c1-28(2)42(58-49(65)67-5)47(63)61-20-10-12-40(61)45-54-27-39(57-45)31-14-16-34(32(22-31)26-53-33-24-35(51)44(36(52)25-33)60-18-8-7-9-19-60)30-15-17-37-38(23-30)56-46(55-37)41-13-11-21-62(41)48(64)43(29(3)4)59-50(66)68-6/h14-17,22-25,27-29,40-43,53H,7-13,18-21,26H2,1-6H3,(H,54,57)(H,55,56)(H,58,65)(H,59,66). The number of methoxy groups -OCH3 is 2. The van der Waals surface area contributed by atoms with Crippen molar-refractivity contribution >= 4 is 46.4 Å². The second-order valence-corrected chi connectivity index (χ2v) is 18.7. The molecule has 4 unspecified atom stereocenters. The van der Waals surface area contributed by atoms with Gasteiger partial charge in [0, 0.05) is 38.4 Å². The number of fused-ring (bicyclic) bond motifs is 1. The number of carbonyl (C=O) groups excluding carboxylic acids is 4. The molecule has 5 heterocycles. The summed E-state index contributed by atoms with van der Waals surface area (Å²) in [7, 11) is 2.54. The Morgan fingerprint density at radius 2 is 1.31 bits per heavy atom. The lowest BCUT2D eigenvalue weighted by atomic mass is 9.96. The van der Waals surface area contributed by atoms with Crippen LogP contribution in [0.5, 0.6) is 0 Å². The molecule has 5 aromatic rings. The minimum Gasteiger partial charge on any atom is -0.453 e. The van der Waals surface area contributed by atoms with E-state index in [1.165, 1.54) is 26.4 Å². The first-order valence-electron chi connectivity index (χ1n) is 23.7. The van der Waals surface area contributed by atoms with Crippen LogP contribution >= 0.6 is 0 Å². The minimum absolute atomic E-state index is 0.00453. The van der Waals surface area contributed by atoms with Crippen molar-refractivity contribution in [2.45, 2.75) is 103 Å². The van der Waals surface area contributed by atoms with Crippen molar-refractivity contribution in [1.29, 1.82) is 0 Å². The van der Waals surface area contributed by atoms with Crippen molar-refractivity contribution in [1.82, 2.24) is 40.4 Å². The van der Waals surface area contributed by atoms with Gasteiger partial charge in [0.15, 0.2) is 11.6 Å². The SMILES string of the molecule is COC(=O)NC(C(=O)N1CCCC1c1ncc(-c2ccc(-c3ccc4nc(C5CCCN5C(=O)C(NC(=O)OC)C(C)C)[nH]c4c3)c(CNc3cc(F)c(N4CCCCC4)c(F)c3)c2)[nH]1)C(C)C. The molecule has 2 aromatic heterocycles. The maximum atomic E-state index is 15.7. The summed E-state index contributed by atoms with van der Waals surface area (Å²) >= 11 is 0. The monoisotopic (exact) mass is 936 g/mol. The highest BCUT2D eigenvalue weighted by Gasteiger charge is 2.39. The number of alkyl carbamates (subject to hydrolysis) is 2. The van der Waals surface area contributed by atoms with Gasteiger partial charge in [-0.1, -0.05) is 45.9 Å². The number of H-pyrrole nitrogens is 2. The average Bonchev–Trinajstić information content (AvgIpc) is 4.18. The number of imidazole rings is 2. The largest absolute Gasteiger partial charge is 0.453 e. The van der Waals surface area contributed by atoms with E-state index >= 15 is 8.78 Å². The lowest BCUT2D eigenvalue weighted by Crippen LogP contribution is -2.51. The molecule has 362 valence electrons. The molecule has 4 atom stereocenters. The van der Waals surface area contributed by atoms with E-state index in [0.29, 0.717) is 62.1 Å². The Bertz CT molecular complexity index is 2620. The Morgan fingerprint density at radius 1 is 0.721 bits per heavy atom. The molecular formula is C50H62F2N10O6. The van der Waals surface area contributed by atoms with Crippen molar-refractivity contribution < 1.29 is 37.4 Å². The maximum absolute atomic E-state index is 15.7. The molecule has 3 saturated heterocycles. The van der Waals surface area contributed by atoms with Gasteiger partial charge in [-0.05, 0) is 109 Å². The Balaban J connectivity index is 1.10. The fourth-order valence-corrected chi connectivity index (χ4v) is 9.87. The first-order valence-corrected chi connectivity index (χ1v) is 23.7. The van der Waals surface area contributed by atoms with Crippen molar-refractivity contribution in [2.75, 3.05) is 50.6 Å². The lowest BCUT2D eigenvalue weighted by Gasteiger charge is -2.30. The van der Waals surface area contributed by atoms with E-state index in [0.717, 1.165) is 65.4 Å². The second kappa shape index (κ2) is 20.7. The second-order valence-electron chi connectivity index (χ2n) is 18.7. The van der Waals surface area contributed by atoms with E-state index in [2.05, 4.69) is 25.9 Å². The van der Waals surface area contributed by atoms with E-state index < -0.39 is 35.9 Å². The molecule has 0 radical (unpaired) electrons. The van der Waals surface area contributed by atoms with Gasteiger partial charge >= 0.3 is 12.2 Å². The van der Waals surface area contributed by atoms with Crippen LogP contribution in [0.1, 0.15) is 102 Å². The molecule has 0 bridgehead atoms. The number of piperidine rings is 1. The van der Waals surface area contributed by atoms with Gasteiger partial charge in [0.25, 0.3) is 0 Å². The number of aromatic nitrogens is 4. The molecule has 3 aliphatic heterocycles. The summed E-state index contributed by atoms with van der Waals surface area (Å²) in [6.07, 6.45) is 6.17. The number of likely N-dealkylation sites (tertiary alicyclic amines) is 2. The average molecular weight is 937 g/mol. The predicted octanol–water partition coefficient (Wildman–Crippen LogP) is 8.59. The normalized spacial score (nSPS) is 18.3. The van der Waals surface area contributed by atoms with Gasteiger partial charge in [-0.15, -0.1) is 0 Å². The summed E-state index contributed by atoms with van der Waals surface area (Å²) in [5.74, 6) is -0.703. The molecule has 0 aliphatic carbocycles. The summed E-state index contributed by atoms with van der Waals surface area (Å²) in [6, 6.07) is 12.4. The zero-order valence-corrected chi connectivity index (χ0v) is 39.6. The van der Waals surface area contributed by atoms with Crippen LogP contribution in [0.4, 0.5) is 29.7 Å². The number of benzene rings is 3. The lowest BCUT2D eigenvalue weighted by molar-refractivity contribution is -0.136. The third-order valence-electron chi connectivity index (χ3n) is 13.5. The smallest absolute Gasteiger partial charge is 0.407 e. The highest BCUT2D eigenvalue weighted by atomic mass is 19.1. The summed E-state index contributed by atoms with van der Waals surface area (Å²) in [4.78, 5) is 74.0. The van der Waals surface area contributed by atoms with Gasteiger partial charge < -0.3 is 50.1 Å². The highest BCUT2D eigenvalue weighted by Crippen LogP contribution is 2.37. The Morgan fingerprint density at radius 3 is 1.90 bits per heavy atom. The topological polar surface area (TPSA) is 190 Å². The van der Waals surface area contributed by atoms with E-state index in [-0.39, 0.29) is 48.0 Å². The van der Waals surface area contributed by atoms with E-state index in [4.69, 9.17) is 19.4 Å². The molecule has 3 aliphatic rings.